The number of sulfone groups is 1. The summed E-state index contributed by atoms with van der Waals surface area (Å²) in [5, 5.41) is 8.57. The summed E-state index contributed by atoms with van der Waals surface area (Å²) in [7, 11) is -3.28. The lowest BCUT2D eigenvalue weighted by Crippen LogP contribution is -2.52. The van der Waals surface area contributed by atoms with Crippen LogP contribution in [0, 0.1) is 0 Å². The predicted octanol–water partition coefficient (Wildman–Crippen LogP) is 2.55. The number of fused-ring (bicyclic) bond motifs is 1. The van der Waals surface area contributed by atoms with Crippen molar-refractivity contribution < 1.29 is 26.4 Å². The SMILES string of the molecule is C=CN(/N=C\Cc1c[nH]c2ncccc12)C1(CC(=O)NCC(F)(F)F)CCS(=O)(=O)CC1. The number of aromatic nitrogens is 2. The Morgan fingerprint density at radius 3 is 2.75 bits per heavy atom. The minimum absolute atomic E-state index is 0.0507. The summed E-state index contributed by atoms with van der Waals surface area (Å²) in [6, 6.07) is 3.72. The van der Waals surface area contributed by atoms with Gasteiger partial charge < -0.3 is 10.3 Å². The summed E-state index contributed by atoms with van der Waals surface area (Å²) >= 11 is 0. The van der Waals surface area contributed by atoms with Crippen LogP contribution < -0.4 is 5.32 Å². The van der Waals surface area contributed by atoms with Crippen molar-refractivity contribution in [1.82, 2.24) is 20.3 Å². The molecule has 2 aromatic rings. The number of rotatable bonds is 8. The molecule has 0 aromatic carbocycles. The summed E-state index contributed by atoms with van der Waals surface area (Å²) in [4.78, 5) is 19.5. The fourth-order valence-electron chi connectivity index (χ4n) is 3.74. The maximum atomic E-state index is 12.5. The third-order valence-corrected chi connectivity index (χ3v) is 7.10. The molecule has 0 bridgehead atoms. The minimum atomic E-state index is -4.54. The molecule has 1 amide bonds. The Kier molecular flexibility index (Phi) is 6.91. The zero-order chi connectivity index (χ0) is 23.4. The van der Waals surface area contributed by atoms with E-state index in [0.717, 1.165) is 16.6 Å². The second kappa shape index (κ2) is 9.31. The van der Waals surface area contributed by atoms with Crippen LogP contribution in [-0.2, 0) is 21.1 Å². The molecule has 2 aromatic heterocycles. The molecule has 1 fully saturated rings. The number of hydrazone groups is 1. The van der Waals surface area contributed by atoms with Crippen LogP contribution in [0.2, 0.25) is 0 Å². The molecule has 32 heavy (non-hydrogen) atoms. The Bertz CT molecular complexity index is 1100. The average Bonchev–Trinajstić information content (AvgIpc) is 3.14. The molecule has 174 valence electrons. The van der Waals surface area contributed by atoms with Gasteiger partial charge in [-0.2, -0.15) is 18.3 Å². The molecule has 1 aliphatic rings. The van der Waals surface area contributed by atoms with E-state index in [1.807, 2.05) is 17.4 Å². The number of carbonyl (C=O) groups excluding carboxylic acids is 1. The van der Waals surface area contributed by atoms with E-state index in [2.05, 4.69) is 21.6 Å². The number of aromatic amines is 1. The maximum absolute atomic E-state index is 12.5. The van der Waals surface area contributed by atoms with Gasteiger partial charge in [0.2, 0.25) is 5.91 Å². The van der Waals surface area contributed by atoms with E-state index in [0.29, 0.717) is 6.42 Å². The lowest BCUT2D eigenvalue weighted by atomic mass is 9.87. The van der Waals surface area contributed by atoms with Crippen LogP contribution in [0.5, 0.6) is 0 Å². The Morgan fingerprint density at radius 1 is 1.38 bits per heavy atom. The van der Waals surface area contributed by atoms with Crippen molar-refractivity contribution in [2.75, 3.05) is 18.1 Å². The monoisotopic (exact) mass is 471 g/mol. The highest BCUT2D eigenvalue weighted by Gasteiger charge is 2.43. The van der Waals surface area contributed by atoms with Crippen LogP contribution in [0.25, 0.3) is 11.0 Å². The zero-order valence-electron chi connectivity index (χ0n) is 17.2. The molecule has 0 aliphatic carbocycles. The Morgan fingerprint density at radius 2 is 2.09 bits per heavy atom. The molecule has 0 radical (unpaired) electrons. The first-order chi connectivity index (χ1) is 15.0. The van der Waals surface area contributed by atoms with E-state index in [-0.39, 0.29) is 30.8 Å². The normalized spacial score (nSPS) is 18.0. The molecule has 8 nitrogen and oxygen atoms in total. The molecule has 0 unspecified atom stereocenters. The van der Waals surface area contributed by atoms with Crippen LogP contribution in [0.4, 0.5) is 13.2 Å². The molecule has 1 aliphatic heterocycles. The average molecular weight is 472 g/mol. The number of amides is 1. The number of hydrogen-bond donors (Lipinski definition) is 2. The van der Waals surface area contributed by atoms with Gasteiger partial charge in [-0.25, -0.2) is 13.4 Å². The fraction of sp³-hybridized carbons (Fsp3) is 0.450. The number of nitrogens with zero attached hydrogens (tertiary/aromatic N) is 3. The number of H-pyrrole nitrogens is 1. The molecule has 2 N–H and O–H groups in total. The molecule has 1 saturated heterocycles. The quantitative estimate of drug-likeness (QED) is 0.455. The highest BCUT2D eigenvalue weighted by Crippen LogP contribution is 2.34. The van der Waals surface area contributed by atoms with Crippen molar-refractivity contribution in [1.29, 1.82) is 0 Å². The number of carbonyl (C=O) groups is 1. The summed E-state index contributed by atoms with van der Waals surface area (Å²) in [5.74, 6) is -1.20. The second-order valence-electron chi connectivity index (χ2n) is 7.69. The van der Waals surface area contributed by atoms with Crippen molar-refractivity contribution in [3.05, 3.63) is 42.9 Å². The van der Waals surface area contributed by atoms with Gasteiger partial charge in [0.25, 0.3) is 0 Å². The highest BCUT2D eigenvalue weighted by molar-refractivity contribution is 7.91. The van der Waals surface area contributed by atoms with Gasteiger partial charge in [-0.3, -0.25) is 9.80 Å². The predicted molar refractivity (Wildman–Crippen MR) is 115 cm³/mol. The number of nitrogens with one attached hydrogen (secondary N) is 2. The zero-order valence-corrected chi connectivity index (χ0v) is 18.0. The molecule has 0 atom stereocenters. The number of alkyl halides is 3. The Hall–Kier alpha value is -2.89. The van der Waals surface area contributed by atoms with Crippen LogP contribution in [-0.4, -0.2) is 65.3 Å². The van der Waals surface area contributed by atoms with Gasteiger partial charge in [0.15, 0.2) is 9.84 Å². The van der Waals surface area contributed by atoms with Gasteiger partial charge in [0, 0.05) is 36.6 Å². The van der Waals surface area contributed by atoms with Crippen molar-refractivity contribution in [2.45, 2.75) is 37.4 Å². The third kappa shape index (κ3) is 5.87. The Balaban J connectivity index is 1.77. The van der Waals surface area contributed by atoms with E-state index < -0.39 is 34.0 Å². The standard InChI is InChI=1S/C20H24F3N5O3S/c1-2-28(27-9-5-15-13-25-18-16(15)4-3-8-24-18)19(6-10-32(30,31)11-7-19)12-17(29)26-14-20(21,22)23/h2-4,8-9,13H,1,5-7,10-12,14H2,(H,24,25)(H,26,29)/b27-9-. The summed E-state index contributed by atoms with van der Waals surface area (Å²) < 4.78 is 61.3. The van der Waals surface area contributed by atoms with Crippen molar-refractivity contribution in [2.24, 2.45) is 5.10 Å². The first-order valence-electron chi connectivity index (χ1n) is 9.93. The highest BCUT2D eigenvalue weighted by atomic mass is 32.2. The summed E-state index contributed by atoms with van der Waals surface area (Å²) in [5.41, 5.74) is 0.580. The van der Waals surface area contributed by atoms with Gasteiger partial charge in [0.1, 0.15) is 12.2 Å². The maximum Gasteiger partial charge on any atom is 0.405 e. The van der Waals surface area contributed by atoms with E-state index in [1.165, 1.54) is 11.2 Å². The minimum Gasteiger partial charge on any atom is -0.347 e. The molecule has 0 spiro atoms. The van der Waals surface area contributed by atoms with E-state index in [4.69, 9.17) is 0 Å². The first kappa shape index (κ1) is 23.8. The van der Waals surface area contributed by atoms with Crippen molar-refractivity contribution in [3.8, 4) is 0 Å². The summed E-state index contributed by atoms with van der Waals surface area (Å²) in [6.07, 6.45) is 2.07. The first-order valence-corrected chi connectivity index (χ1v) is 11.7. The fourth-order valence-corrected chi connectivity index (χ4v) is 5.32. The van der Waals surface area contributed by atoms with Crippen molar-refractivity contribution >= 4 is 33.0 Å². The Labute approximate surface area is 183 Å². The van der Waals surface area contributed by atoms with E-state index in [9.17, 15) is 26.4 Å². The van der Waals surface area contributed by atoms with E-state index in [1.54, 1.807) is 18.6 Å². The molecule has 3 rings (SSSR count). The molecule has 0 saturated carbocycles. The van der Waals surface area contributed by atoms with Gasteiger partial charge in [-0.1, -0.05) is 6.58 Å². The lowest BCUT2D eigenvalue weighted by molar-refractivity contribution is -0.140. The molecular formula is C20H24F3N5O3S. The smallest absolute Gasteiger partial charge is 0.347 e. The van der Waals surface area contributed by atoms with E-state index >= 15 is 0 Å². The van der Waals surface area contributed by atoms with Gasteiger partial charge in [0.05, 0.1) is 23.5 Å². The summed E-state index contributed by atoms with van der Waals surface area (Å²) in [6.45, 7) is 2.26. The number of halogens is 3. The van der Waals surface area contributed by atoms with Gasteiger partial charge in [-0.05, 0) is 30.5 Å². The van der Waals surface area contributed by atoms with Crippen LogP contribution in [0.3, 0.4) is 0 Å². The molecular weight excluding hydrogens is 447 g/mol. The van der Waals surface area contributed by atoms with Crippen LogP contribution in [0.15, 0.2) is 42.4 Å². The molecule has 12 heteroatoms. The van der Waals surface area contributed by atoms with Crippen LogP contribution >= 0.6 is 0 Å². The van der Waals surface area contributed by atoms with Crippen LogP contribution in [0.1, 0.15) is 24.8 Å². The second-order valence-corrected chi connectivity index (χ2v) is 9.99. The van der Waals surface area contributed by atoms with Gasteiger partial charge in [-0.15, -0.1) is 0 Å². The topological polar surface area (TPSA) is 108 Å². The number of pyridine rings is 1. The largest absolute Gasteiger partial charge is 0.405 e. The molecule has 3 heterocycles. The van der Waals surface area contributed by atoms with Gasteiger partial charge >= 0.3 is 6.18 Å². The third-order valence-electron chi connectivity index (χ3n) is 5.45. The number of hydrogen-bond acceptors (Lipinski definition) is 6. The van der Waals surface area contributed by atoms with Crippen molar-refractivity contribution in [3.63, 3.8) is 0 Å². The lowest BCUT2D eigenvalue weighted by Gasteiger charge is -2.42.